The topological polar surface area (TPSA) is 17.1 Å². The van der Waals surface area contributed by atoms with Crippen molar-refractivity contribution >= 4 is 56.5 Å². The summed E-state index contributed by atoms with van der Waals surface area (Å²) in [7, 11) is 0. The van der Waals surface area contributed by atoms with Crippen LogP contribution in [0.5, 0.6) is 0 Å². The number of hydrogen-bond donors (Lipinski definition) is 0. The highest BCUT2D eigenvalue weighted by Gasteiger charge is 2.56. The van der Waals surface area contributed by atoms with E-state index in [0.29, 0.717) is 4.47 Å². The maximum absolute atomic E-state index is 14.2. The van der Waals surface area contributed by atoms with Crippen molar-refractivity contribution in [2.45, 2.75) is 24.4 Å². The van der Waals surface area contributed by atoms with Crippen LogP contribution in [0.3, 0.4) is 0 Å². The van der Waals surface area contributed by atoms with Crippen LogP contribution >= 0.6 is 50.7 Å². The van der Waals surface area contributed by atoms with Gasteiger partial charge in [0.15, 0.2) is 11.6 Å². The Balaban J connectivity index is 2.63. The quantitative estimate of drug-likeness (QED) is 0.163. The second-order valence-corrected chi connectivity index (χ2v) is 8.13. The average Bonchev–Trinajstić information content (AvgIpc) is 2.60. The molecule has 0 amide bonds. The van der Waals surface area contributed by atoms with Crippen LogP contribution < -0.4 is 0 Å². The number of Topliss-reactive ketones (excluding diaryl/α,β-unsaturated/α-hetero) is 1. The molecule has 28 heavy (non-hydrogen) atoms. The molecule has 0 N–H and O–H groups in total. The Labute approximate surface area is 182 Å². The van der Waals surface area contributed by atoms with Gasteiger partial charge in [0.25, 0.3) is 0 Å². The Morgan fingerprint density at radius 3 is 2.11 bits per heavy atom. The number of allylic oxidation sites excluding steroid dienone is 1. The second-order valence-electron chi connectivity index (χ2n) is 6.06. The van der Waals surface area contributed by atoms with Crippen LogP contribution in [0.4, 0.5) is 17.6 Å². The number of ketones is 1. The van der Waals surface area contributed by atoms with Crippen molar-refractivity contribution in [2.24, 2.45) is 0 Å². The van der Waals surface area contributed by atoms with E-state index in [0.717, 1.165) is 18.2 Å². The number of benzene rings is 2. The Hall–Kier alpha value is -1.08. The van der Waals surface area contributed by atoms with Crippen molar-refractivity contribution in [3.05, 3.63) is 79.5 Å². The molecule has 9 heteroatoms. The van der Waals surface area contributed by atoms with Gasteiger partial charge in [-0.2, -0.15) is 13.2 Å². The van der Waals surface area contributed by atoms with Gasteiger partial charge in [-0.3, -0.25) is 4.79 Å². The van der Waals surface area contributed by atoms with Gasteiger partial charge >= 0.3 is 6.18 Å². The first-order valence-electron chi connectivity index (χ1n) is 7.74. The number of carbonyl (C=O) groups is 1. The minimum atomic E-state index is -4.87. The summed E-state index contributed by atoms with van der Waals surface area (Å²) in [5.74, 6) is -1.84. The third kappa shape index (κ3) is 4.56. The van der Waals surface area contributed by atoms with Crippen molar-refractivity contribution in [1.29, 1.82) is 0 Å². The highest BCUT2D eigenvalue weighted by Crippen LogP contribution is 2.49. The van der Waals surface area contributed by atoms with E-state index in [4.69, 9.17) is 34.8 Å². The fourth-order valence-corrected chi connectivity index (χ4v) is 3.71. The molecule has 0 saturated carbocycles. The molecular weight excluding hydrogens is 506 g/mol. The standard InChI is InChI=1S/C19H12BrCl3F4O/c1-2-5-18(19(25,26)27,11-7-14(22)17(24)15(23)8-11)9-16(28)10-3-4-12(20)13(21)6-10/h2-4,6-8H,1,5,9H2. The van der Waals surface area contributed by atoms with Crippen LogP contribution in [0.1, 0.15) is 28.8 Å². The summed E-state index contributed by atoms with van der Waals surface area (Å²) in [5.41, 5.74) is -3.11. The molecule has 0 heterocycles. The van der Waals surface area contributed by atoms with Gasteiger partial charge in [0.1, 0.15) is 5.41 Å². The number of rotatable bonds is 6. The first kappa shape index (κ1) is 23.2. The number of halogens is 8. The van der Waals surface area contributed by atoms with Gasteiger partial charge in [-0.15, -0.1) is 6.58 Å². The highest BCUT2D eigenvalue weighted by molar-refractivity contribution is 9.10. The van der Waals surface area contributed by atoms with E-state index in [1.165, 1.54) is 18.2 Å². The zero-order valence-corrected chi connectivity index (χ0v) is 17.9. The molecule has 2 rings (SSSR count). The van der Waals surface area contributed by atoms with E-state index in [1.807, 2.05) is 0 Å². The lowest BCUT2D eigenvalue weighted by Crippen LogP contribution is -2.44. The predicted octanol–water partition coefficient (Wildman–Crippen LogP) is 8.20. The molecule has 0 bridgehead atoms. The summed E-state index contributed by atoms with van der Waals surface area (Å²) in [5, 5.41) is -0.960. The van der Waals surface area contributed by atoms with Gasteiger partial charge in [0, 0.05) is 16.5 Å². The molecule has 0 aromatic heterocycles. The predicted molar refractivity (Wildman–Crippen MR) is 107 cm³/mol. The summed E-state index contributed by atoms with van der Waals surface area (Å²) in [6, 6.07) is 5.76. The molecule has 0 aliphatic rings. The number of alkyl halides is 3. The van der Waals surface area contributed by atoms with Crippen LogP contribution in [0.2, 0.25) is 15.1 Å². The van der Waals surface area contributed by atoms with E-state index in [-0.39, 0.29) is 10.6 Å². The normalized spacial score (nSPS) is 13.9. The number of carbonyl (C=O) groups excluding carboxylic acids is 1. The minimum absolute atomic E-state index is 0.00481. The van der Waals surface area contributed by atoms with E-state index in [9.17, 15) is 22.4 Å². The Morgan fingerprint density at radius 2 is 1.64 bits per heavy atom. The van der Waals surface area contributed by atoms with Gasteiger partial charge in [-0.05, 0) is 52.2 Å². The minimum Gasteiger partial charge on any atom is -0.294 e. The molecule has 0 aliphatic heterocycles. The van der Waals surface area contributed by atoms with Crippen molar-refractivity contribution < 1.29 is 22.4 Å². The first-order valence-corrected chi connectivity index (χ1v) is 9.66. The molecule has 0 spiro atoms. The lowest BCUT2D eigenvalue weighted by Gasteiger charge is -2.35. The van der Waals surface area contributed by atoms with E-state index >= 15 is 0 Å². The fourth-order valence-electron chi connectivity index (χ4n) is 2.80. The third-order valence-corrected chi connectivity index (χ3v) is 6.06. The maximum Gasteiger partial charge on any atom is 0.399 e. The Bertz CT molecular complexity index is 907. The van der Waals surface area contributed by atoms with Crippen LogP contribution in [0.25, 0.3) is 0 Å². The molecule has 0 aliphatic carbocycles. The van der Waals surface area contributed by atoms with Crippen molar-refractivity contribution in [3.63, 3.8) is 0 Å². The number of hydrogen-bond acceptors (Lipinski definition) is 1. The monoisotopic (exact) mass is 516 g/mol. The smallest absolute Gasteiger partial charge is 0.294 e. The van der Waals surface area contributed by atoms with Crippen LogP contribution in [-0.4, -0.2) is 12.0 Å². The summed E-state index contributed by atoms with van der Waals surface area (Å²) in [6.07, 6.45) is -5.43. The van der Waals surface area contributed by atoms with E-state index in [1.54, 1.807) is 0 Å². The van der Waals surface area contributed by atoms with Crippen LogP contribution in [-0.2, 0) is 5.41 Å². The SMILES string of the molecule is C=CCC(CC(=O)c1ccc(Br)c(Cl)c1)(c1cc(Cl)c(F)c(Cl)c1)C(F)(F)F. The highest BCUT2D eigenvalue weighted by atomic mass is 79.9. The fraction of sp³-hybridized carbons (Fsp3) is 0.211. The molecule has 1 unspecified atom stereocenters. The molecule has 1 nitrogen and oxygen atoms in total. The summed E-state index contributed by atoms with van der Waals surface area (Å²) in [4.78, 5) is 12.7. The summed E-state index contributed by atoms with van der Waals surface area (Å²) in [6.45, 7) is 3.37. The van der Waals surface area contributed by atoms with E-state index in [2.05, 4.69) is 22.5 Å². The van der Waals surface area contributed by atoms with Gasteiger partial charge in [-0.25, -0.2) is 4.39 Å². The summed E-state index contributed by atoms with van der Waals surface area (Å²) >= 11 is 20.5. The lowest BCUT2D eigenvalue weighted by molar-refractivity contribution is -0.189. The lowest BCUT2D eigenvalue weighted by atomic mass is 9.72. The van der Waals surface area contributed by atoms with Gasteiger partial charge in [-0.1, -0.05) is 46.9 Å². The molecular formula is C19H12BrCl3F4O. The van der Waals surface area contributed by atoms with Gasteiger partial charge in [0.05, 0.1) is 15.1 Å². The van der Waals surface area contributed by atoms with Gasteiger partial charge < -0.3 is 0 Å². The van der Waals surface area contributed by atoms with Crippen molar-refractivity contribution in [2.75, 3.05) is 0 Å². The summed E-state index contributed by atoms with van der Waals surface area (Å²) < 4.78 is 56.9. The van der Waals surface area contributed by atoms with Crippen LogP contribution in [0.15, 0.2) is 47.5 Å². The molecule has 0 saturated heterocycles. The third-order valence-electron chi connectivity index (χ3n) is 4.28. The maximum atomic E-state index is 14.2. The Kier molecular flexibility index (Phi) is 7.24. The van der Waals surface area contributed by atoms with Crippen molar-refractivity contribution in [3.8, 4) is 0 Å². The van der Waals surface area contributed by atoms with Crippen molar-refractivity contribution in [1.82, 2.24) is 0 Å². The molecule has 0 radical (unpaired) electrons. The average molecular weight is 519 g/mol. The van der Waals surface area contributed by atoms with Gasteiger partial charge in [0.2, 0.25) is 0 Å². The molecule has 2 aromatic carbocycles. The van der Waals surface area contributed by atoms with E-state index < -0.39 is 51.6 Å². The first-order chi connectivity index (χ1) is 12.9. The second kappa shape index (κ2) is 8.74. The molecule has 2 aromatic rings. The molecule has 0 fully saturated rings. The largest absolute Gasteiger partial charge is 0.399 e. The zero-order chi connectivity index (χ0) is 21.3. The molecule has 1 atom stereocenters. The Morgan fingerprint density at radius 1 is 1.07 bits per heavy atom. The zero-order valence-electron chi connectivity index (χ0n) is 14.0. The van der Waals surface area contributed by atoms with Crippen LogP contribution in [0, 0.1) is 5.82 Å². The molecule has 150 valence electrons.